The van der Waals surface area contributed by atoms with Gasteiger partial charge in [-0.1, -0.05) is 12.1 Å². The average molecular weight is 548 g/mol. The van der Waals surface area contributed by atoms with Crippen LogP contribution in [0.1, 0.15) is 35.1 Å². The van der Waals surface area contributed by atoms with Crippen LogP contribution in [0, 0.1) is 13.8 Å². The van der Waals surface area contributed by atoms with Crippen molar-refractivity contribution in [3.63, 3.8) is 0 Å². The summed E-state index contributed by atoms with van der Waals surface area (Å²) in [6.45, 7) is 3.77. The zero-order chi connectivity index (χ0) is 24.4. The van der Waals surface area contributed by atoms with Crippen LogP contribution < -0.4 is 26.5 Å². The number of methoxy groups -OCH3 is 2. The molecule has 5 rings (SSSR count). The monoisotopic (exact) mass is 547 g/mol. The Labute approximate surface area is 217 Å². The number of piperidine rings is 1. The number of aryl methyl sites for hydroxylation is 2. The predicted molar refractivity (Wildman–Crippen MR) is 126 cm³/mol. The van der Waals surface area contributed by atoms with Gasteiger partial charge >= 0.3 is 5.97 Å². The molecule has 0 radical (unpaired) electrons. The Bertz CT molecular complexity index is 1060. The highest BCUT2D eigenvalue weighted by Crippen LogP contribution is 2.52. The lowest BCUT2D eigenvalue weighted by Gasteiger charge is -2.45. The van der Waals surface area contributed by atoms with Gasteiger partial charge < -0.3 is 45.5 Å². The maximum atomic E-state index is 13.8. The third kappa shape index (κ3) is 4.04. The maximum Gasteiger partial charge on any atom is 0.347 e. The normalized spacial score (nSPS) is 27.9. The molecule has 8 heteroatoms. The number of hydrogen-bond donors (Lipinski definition) is 1. The van der Waals surface area contributed by atoms with Crippen LogP contribution in [-0.4, -0.2) is 74.3 Å². The van der Waals surface area contributed by atoms with Crippen LogP contribution in [-0.2, 0) is 19.9 Å². The number of morpholine rings is 1. The van der Waals surface area contributed by atoms with E-state index in [9.17, 15) is 9.90 Å². The summed E-state index contributed by atoms with van der Waals surface area (Å²) in [6.07, 6.45) is 1.73. The Morgan fingerprint density at radius 3 is 1.80 bits per heavy atom. The maximum absolute atomic E-state index is 13.8. The summed E-state index contributed by atoms with van der Waals surface area (Å²) in [6, 6.07) is 11.2. The van der Waals surface area contributed by atoms with Crippen molar-refractivity contribution in [2.45, 2.75) is 62.7 Å². The highest BCUT2D eigenvalue weighted by molar-refractivity contribution is 5.86. The van der Waals surface area contributed by atoms with Gasteiger partial charge in [-0.2, -0.15) is 0 Å². The minimum Gasteiger partial charge on any atom is -1.00 e. The number of carbonyl (C=O) groups excluding carboxylic acids is 1. The summed E-state index contributed by atoms with van der Waals surface area (Å²) < 4.78 is 23.6. The van der Waals surface area contributed by atoms with Crippen molar-refractivity contribution in [2.75, 3.05) is 28.3 Å². The zero-order valence-electron chi connectivity index (χ0n) is 21.1. The third-order valence-corrected chi connectivity index (χ3v) is 8.23. The van der Waals surface area contributed by atoms with E-state index in [-0.39, 0.29) is 35.3 Å². The van der Waals surface area contributed by atoms with E-state index in [1.165, 1.54) is 0 Å². The Balaban J connectivity index is 0.00000289. The second kappa shape index (κ2) is 9.07. The molecule has 0 saturated carbocycles. The highest BCUT2D eigenvalue weighted by Gasteiger charge is 2.71. The quantitative estimate of drug-likeness (QED) is 0.308. The number of esters is 1. The molecule has 1 N–H and O–H groups in total. The van der Waals surface area contributed by atoms with E-state index in [1.54, 1.807) is 50.6 Å². The van der Waals surface area contributed by atoms with Gasteiger partial charge in [0.25, 0.3) is 0 Å². The first-order valence-corrected chi connectivity index (χ1v) is 11.8. The minimum absolute atomic E-state index is 0. The van der Waals surface area contributed by atoms with Crippen molar-refractivity contribution in [1.29, 1.82) is 0 Å². The van der Waals surface area contributed by atoms with Crippen LogP contribution in [0.4, 0.5) is 0 Å². The molecule has 3 aliphatic heterocycles. The first-order chi connectivity index (χ1) is 16.1. The molecule has 5 atom stereocenters. The van der Waals surface area contributed by atoms with Crippen molar-refractivity contribution in [2.24, 2.45) is 0 Å². The molecule has 2 aromatic rings. The van der Waals surface area contributed by atoms with Gasteiger partial charge in [-0.25, -0.2) is 4.79 Å². The second-order valence-corrected chi connectivity index (χ2v) is 10.4. The fraction of sp³-hybridized carbons (Fsp3) is 0.519. The molecular formula is C27H34BrNO6. The van der Waals surface area contributed by atoms with Crippen LogP contribution >= 0.6 is 0 Å². The molecule has 3 unspecified atom stereocenters. The van der Waals surface area contributed by atoms with Gasteiger partial charge in [0.05, 0.1) is 28.3 Å². The lowest BCUT2D eigenvalue weighted by molar-refractivity contribution is -0.938. The summed E-state index contributed by atoms with van der Waals surface area (Å²) in [5.74, 6) is 0.717. The predicted octanol–water partition coefficient (Wildman–Crippen LogP) is -0.139. The van der Waals surface area contributed by atoms with Crippen molar-refractivity contribution in [3.05, 3.63) is 58.7 Å². The lowest BCUT2D eigenvalue weighted by atomic mass is 9.84. The fourth-order valence-corrected chi connectivity index (χ4v) is 6.15. The SMILES string of the molecule is COc1ccc(C(O)(C(=O)OC2CC3C4O[C@@H]4[C@H](C2)[N+]3(C)C)c2ccc(OC)c(C)c2)cc1C.[Br-]. The topological polar surface area (TPSA) is 77.5 Å². The van der Waals surface area contributed by atoms with Crippen LogP contribution in [0.5, 0.6) is 11.5 Å². The van der Waals surface area contributed by atoms with Gasteiger partial charge in [0.15, 0.2) is 0 Å². The molecule has 2 bridgehead atoms. The molecule has 0 aromatic heterocycles. The Kier molecular flexibility index (Phi) is 6.72. The number of hydrogen-bond acceptors (Lipinski definition) is 6. The van der Waals surface area contributed by atoms with Gasteiger partial charge in [-0.3, -0.25) is 0 Å². The Hall–Kier alpha value is -2.13. The molecule has 0 amide bonds. The Morgan fingerprint density at radius 2 is 1.40 bits per heavy atom. The number of likely N-dealkylation sites (N-methyl/N-ethyl adjacent to an activating group) is 1. The van der Waals surface area contributed by atoms with E-state index in [4.69, 9.17) is 18.9 Å². The number of epoxide rings is 1. The first-order valence-electron chi connectivity index (χ1n) is 11.8. The summed E-state index contributed by atoms with van der Waals surface area (Å²) in [4.78, 5) is 13.8. The van der Waals surface area contributed by atoms with E-state index < -0.39 is 11.6 Å². The number of carbonyl (C=O) groups is 1. The number of nitrogens with zero attached hydrogens (tertiary/aromatic N) is 1. The van der Waals surface area contributed by atoms with Gasteiger partial charge in [0.2, 0.25) is 5.60 Å². The van der Waals surface area contributed by atoms with E-state index in [0.717, 1.165) is 28.5 Å². The summed E-state index contributed by atoms with van der Waals surface area (Å²) in [7, 11) is 7.67. The average Bonchev–Trinajstić information content (AvgIpc) is 3.57. The molecule has 7 nitrogen and oxygen atoms in total. The van der Waals surface area contributed by atoms with E-state index >= 15 is 0 Å². The fourth-order valence-electron chi connectivity index (χ4n) is 6.15. The number of benzene rings is 2. The van der Waals surface area contributed by atoms with Crippen molar-refractivity contribution < 1.29 is 50.3 Å². The molecule has 35 heavy (non-hydrogen) atoms. The largest absolute Gasteiger partial charge is 1.00 e. The summed E-state index contributed by atoms with van der Waals surface area (Å²) in [5, 5.41) is 12.1. The van der Waals surface area contributed by atoms with E-state index in [1.807, 2.05) is 13.8 Å². The molecular weight excluding hydrogens is 514 g/mol. The molecule has 190 valence electrons. The van der Waals surface area contributed by atoms with E-state index in [0.29, 0.717) is 34.7 Å². The van der Waals surface area contributed by atoms with Gasteiger partial charge in [0.1, 0.15) is 41.9 Å². The smallest absolute Gasteiger partial charge is 0.347 e. The molecule has 3 aliphatic rings. The lowest BCUT2D eigenvalue weighted by Crippen LogP contribution is -3.00. The summed E-state index contributed by atoms with van der Waals surface area (Å²) in [5.41, 5.74) is 0.573. The highest BCUT2D eigenvalue weighted by atomic mass is 79.9. The first kappa shape index (κ1) is 25.9. The number of fused-ring (bicyclic) bond motifs is 5. The zero-order valence-corrected chi connectivity index (χ0v) is 22.7. The Morgan fingerprint density at radius 1 is 0.943 bits per heavy atom. The number of ether oxygens (including phenoxy) is 4. The van der Waals surface area contributed by atoms with Gasteiger partial charge in [-0.15, -0.1) is 0 Å². The van der Waals surface area contributed by atoms with Crippen molar-refractivity contribution >= 4 is 5.97 Å². The van der Waals surface area contributed by atoms with Crippen molar-refractivity contribution in [1.82, 2.24) is 0 Å². The second-order valence-electron chi connectivity index (χ2n) is 10.4. The third-order valence-electron chi connectivity index (χ3n) is 8.23. The van der Waals surface area contributed by atoms with Crippen LogP contribution in [0.25, 0.3) is 0 Å². The van der Waals surface area contributed by atoms with Crippen LogP contribution in [0.2, 0.25) is 0 Å². The van der Waals surface area contributed by atoms with Crippen LogP contribution in [0.15, 0.2) is 36.4 Å². The molecule has 0 spiro atoms. The summed E-state index contributed by atoms with van der Waals surface area (Å²) >= 11 is 0. The molecule has 0 aliphatic carbocycles. The number of quaternary nitrogens is 1. The number of aliphatic hydroxyl groups is 1. The van der Waals surface area contributed by atoms with Gasteiger partial charge in [-0.05, 0) is 60.4 Å². The molecule has 3 fully saturated rings. The number of rotatable bonds is 6. The van der Waals surface area contributed by atoms with Crippen LogP contribution in [0.3, 0.4) is 0 Å². The van der Waals surface area contributed by atoms with E-state index in [2.05, 4.69) is 14.1 Å². The minimum atomic E-state index is -1.96. The van der Waals surface area contributed by atoms with Gasteiger partial charge in [0, 0.05) is 12.8 Å². The standard InChI is InChI=1S/C27H34NO6.BrH/c1-15-11-17(7-9-22(15)31-5)27(30,18-8-10-23(32-6)16(2)12-18)26(29)33-19-13-20-24-25(34-24)21(14-19)28(20,3)4;/h7-12,19-21,24-25,30H,13-14H2,1-6H3;1H/q+1;/p-1/t19?,20-,21?,24+,25?;/m0./s1. The molecule has 2 aromatic carbocycles. The molecule has 3 saturated heterocycles. The van der Waals surface area contributed by atoms with Crippen molar-refractivity contribution in [3.8, 4) is 11.5 Å². The number of halogens is 1. The molecule has 3 heterocycles.